The second-order valence-corrected chi connectivity index (χ2v) is 5.10. The third-order valence-electron chi connectivity index (χ3n) is 3.32. The van der Waals surface area contributed by atoms with E-state index in [4.69, 9.17) is 0 Å². The van der Waals surface area contributed by atoms with Gasteiger partial charge in [0, 0.05) is 6.04 Å². The normalized spacial score (nSPS) is 12.4. The molecule has 1 unspecified atom stereocenters. The van der Waals surface area contributed by atoms with Crippen LogP contribution in [-0.4, -0.2) is 6.54 Å². The van der Waals surface area contributed by atoms with Gasteiger partial charge in [0.05, 0.1) is 0 Å². The predicted molar refractivity (Wildman–Crippen MR) is 80.8 cm³/mol. The summed E-state index contributed by atoms with van der Waals surface area (Å²) in [5.74, 6) is -0.135. The zero-order valence-electron chi connectivity index (χ0n) is 12.2. The number of aryl methyl sites for hydroxylation is 1. The van der Waals surface area contributed by atoms with E-state index in [0.29, 0.717) is 0 Å². The summed E-state index contributed by atoms with van der Waals surface area (Å²) < 4.78 is 13.5. The van der Waals surface area contributed by atoms with Crippen molar-refractivity contribution in [3.05, 3.63) is 47.8 Å². The predicted octanol–water partition coefficient (Wildman–Crippen LogP) is 4.92. The first-order chi connectivity index (χ1) is 9.17. The van der Waals surface area contributed by atoms with Crippen molar-refractivity contribution in [1.82, 2.24) is 5.32 Å². The number of nitrogens with one attached hydrogen (secondary N) is 1. The number of halogens is 1. The molecule has 0 spiro atoms. The molecular weight excluding hydrogens is 237 g/mol. The molecule has 0 aliphatic heterocycles. The highest BCUT2D eigenvalue weighted by Gasteiger charge is 2.11. The van der Waals surface area contributed by atoms with Crippen LogP contribution in [0.15, 0.2) is 30.9 Å². The van der Waals surface area contributed by atoms with Gasteiger partial charge < -0.3 is 5.32 Å². The minimum Gasteiger partial charge on any atom is -0.310 e. The maximum Gasteiger partial charge on any atom is 0.123 e. The quantitative estimate of drug-likeness (QED) is 0.492. The summed E-state index contributed by atoms with van der Waals surface area (Å²) in [7, 11) is 0. The molecule has 0 fully saturated rings. The van der Waals surface area contributed by atoms with Crippen molar-refractivity contribution >= 4 is 0 Å². The van der Waals surface area contributed by atoms with Crippen molar-refractivity contribution in [1.29, 1.82) is 0 Å². The van der Waals surface area contributed by atoms with E-state index in [0.717, 1.165) is 30.5 Å². The molecule has 1 N–H and O–H groups in total. The molecule has 1 aromatic rings. The Hall–Kier alpha value is -1.15. The molecule has 0 radical (unpaired) electrons. The lowest BCUT2D eigenvalue weighted by Gasteiger charge is -2.19. The van der Waals surface area contributed by atoms with E-state index in [1.807, 2.05) is 13.0 Å². The second-order valence-electron chi connectivity index (χ2n) is 5.10. The molecule has 0 saturated carbocycles. The Morgan fingerprint density at radius 3 is 2.68 bits per heavy atom. The summed E-state index contributed by atoms with van der Waals surface area (Å²) in [6.45, 7) is 8.68. The Balaban J connectivity index is 2.57. The lowest BCUT2D eigenvalue weighted by Crippen LogP contribution is -2.21. The van der Waals surface area contributed by atoms with E-state index in [1.165, 1.54) is 19.3 Å². The first-order valence-electron chi connectivity index (χ1n) is 7.28. The average molecular weight is 263 g/mol. The molecule has 1 atom stereocenters. The van der Waals surface area contributed by atoms with Crippen molar-refractivity contribution in [2.45, 2.75) is 52.0 Å². The van der Waals surface area contributed by atoms with Gasteiger partial charge in [0.25, 0.3) is 0 Å². The van der Waals surface area contributed by atoms with Crippen LogP contribution < -0.4 is 5.32 Å². The lowest BCUT2D eigenvalue weighted by molar-refractivity contribution is 0.480. The first kappa shape index (κ1) is 15.9. The van der Waals surface area contributed by atoms with Gasteiger partial charge in [-0.05, 0) is 56.0 Å². The summed E-state index contributed by atoms with van der Waals surface area (Å²) in [6, 6.07) is 5.59. The van der Waals surface area contributed by atoms with Crippen LogP contribution in [0.1, 0.15) is 56.2 Å². The summed E-state index contributed by atoms with van der Waals surface area (Å²) in [5.41, 5.74) is 2.06. The fourth-order valence-corrected chi connectivity index (χ4v) is 2.41. The molecule has 0 bridgehead atoms. The van der Waals surface area contributed by atoms with Gasteiger partial charge in [0.15, 0.2) is 0 Å². The van der Waals surface area contributed by atoms with Gasteiger partial charge in [-0.2, -0.15) is 0 Å². The topological polar surface area (TPSA) is 12.0 Å². The monoisotopic (exact) mass is 263 g/mol. The van der Waals surface area contributed by atoms with Crippen molar-refractivity contribution in [3.63, 3.8) is 0 Å². The molecule has 0 aromatic heterocycles. The van der Waals surface area contributed by atoms with Crippen LogP contribution in [0.3, 0.4) is 0 Å². The van der Waals surface area contributed by atoms with Crippen LogP contribution in [0, 0.1) is 12.7 Å². The average Bonchev–Trinajstić information content (AvgIpc) is 2.36. The molecular formula is C17H26FN. The number of benzene rings is 1. The van der Waals surface area contributed by atoms with Gasteiger partial charge in [0.1, 0.15) is 5.82 Å². The lowest BCUT2D eigenvalue weighted by atomic mass is 9.98. The zero-order chi connectivity index (χ0) is 14.1. The Bertz CT molecular complexity index is 367. The van der Waals surface area contributed by atoms with E-state index >= 15 is 0 Å². The molecule has 106 valence electrons. The molecule has 0 aliphatic carbocycles. The van der Waals surface area contributed by atoms with Crippen LogP contribution in [0.25, 0.3) is 0 Å². The van der Waals surface area contributed by atoms with Crippen LogP contribution >= 0.6 is 0 Å². The Morgan fingerprint density at radius 1 is 1.26 bits per heavy atom. The summed E-state index contributed by atoms with van der Waals surface area (Å²) >= 11 is 0. The third-order valence-corrected chi connectivity index (χ3v) is 3.32. The number of rotatable bonds is 9. The third kappa shape index (κ3) is 6.02. The smallest absolute Gasteiger partial charge is 0.123 e. The van der Waals surface area contributed by atoms with Gasteiger partial charge in [-0.1, -0.05) is 31.9 Å². The van der Waals surface area contributed by atoms with Gasteiger partial charge in [-0.15, -0.1) is 6.58 Å². The van der Waals surface area contributed by atoms with Crippen LogP contribution in [0.2, 0.25) is 0 Å². The molecule has 2 heteroatoms. The number of unbranched alkanes of at least 4 members (excludes halogenated alkanes) is 3. The Morgan fingerprint density at radius 2 is 2.05 bits per heavy atom. The molecule has 0 amide bonds. The standard InChI is InChI=1S/C17H26FN/c1-4-6-7-8-9-10-17(19-5-2)15-11-14(3)12-16(18)13-15/h4,11-13,17,19H,1,5-10H2,2-3H3. The highest BCUT2D eigenvalue weighted by Crippen LogP contribution is 2.22. The van der Waals surface area contributed by atoms with Crippen LogP contribution in [0.5, 0.6) is 0 Å². The summed E-state index contributed by atoms with van der Waals surface area (Å²) in [5, 5.41) is 3.46. The van der Waals surface area contributed by atoms with Crippen molar-refractivity contribution in [2.24, 2.45) is 0 Å². The summed E-state index contributed by atoms with van der Waals surface area (Å²) in [4.78, 5) is 0. The van der Waals surface area contributed by atoms with E-state index < -0.39 is 0 Å². The molecule has 0 heterocycles. The van der Waals surface area contributed by atoms with Gasteiger partial charge in [-0.3, -0.25) is 0 Å². The maximum absolute atomic E-state index is 13.5. The number of hydrogen-bond acceptors (Lipinski definition) is 1. The van der Waals surface area contributed by atoms with Crippen LogP contribution in [-0.2, 0) is 0 Å². The highest BCUT2D eigenvalue weighted by molar-refractivity contribution is 5.26. The minimum absolute atomic E-state index is 0.135. The summed E-state index contributed by atoms with van der Waals surface area (Å²) in [6.07, 6.45) is 7.70. The van der Waals surface area contributed by atoms with Crippen molar-refractivity contribution in [2.75, 3.05) is 6.54 Å². The molecule has 0 saturated heterocycles. The van der Waals surface area contributed by atoms with Crippen molar-refractivity contribution < 1.29 is 4.39 Å². The number of hydrogen-bond donors (Lipinski definition) is 1. The SMILES string of the molecule is C=CCCCCCC(NCC)c1cc(C)cc(F)c1. The fraction of sp³-hybridized carbons (Fsp3) is 0.529. The van der Waals surface area contributed by atoms with E-state index in [9.17, 15) is 4.39 Å². The number of allylic oxidation sites excluding steroid dienone is 1. The molecule has 0 aliphatic rings. The van der Waals surface area contributed by atoms with Gasteiger partial charge in [-0.25, -0.2) is 4.39 Å². The molecule has 19 heavy (non-hydrogen) atoms. The molecule has 1 aromatic carbocycles. The zero-order valence-corrected chi connectivity index (χ0v) is 12.2. The largest absolute Gasteiger partial charge is 0.310 e. The Labute approximate surface area is 116 Å². The highest BCUT2D eigenvalue weighted by atomic mass is 19.1. The second kappa shape index (κ2) is 8.87. The van der Waals surface area contributed by atoms with Crippen LogP contribution in [0.4, 0.5) is 4.39 Å². The molecule has 1 rings (SSSR count). The van der Waals surface area contributed by atoms with Crippen molar-refractivity contribution in [3.8, 4) is 0 Å². The van der Waals surface area contributed by atoms with E-state index in [-0.39, 0.29) is 11.9 Å². The van der Waals surface area contributed by atoms with Gasteiger partial charge in [0.2, 0.25) is 0 Å². The molecule has 1 nitrogen and oxygen atoms in total. The van der Waals surface area contributed by atoms with E-state index in [1.54, 1.807) is 12.1 Å². The van der Waals surface area contributed by atoms with E-state index in [2.05, 4.69) is 24.9 Å². The first-order valence-corrected chi connectivity index (χ1v) is 7.28. The minimum atomic E-state index is -0.135. The fourth-order valence-electron chi connectivity index (χ4n) is 2.41. The maximum atomic E-state index is 13.5. The Kier molecular flexibility index (Phi) is 7.42. The van der Waals surface area contributed by atoms with Gasteiger partial charge >= 0.3 is 0 Å².